The lowest BCUT2D eigenvalue weighted by Gasteiger charge is -2.02. The van der Waals surface area contributed by atoms with Crippen LogP contribution >= 0.6 is 11.3 Å². The van der Waals surface area contributed by atoms with Crippen molar-refractivity contribution in [1.29, 1.82) is 0 Å². The van der Waals surface area contributed by atoms with Gasteiger partial charge in [-0.1, -0.05) is 6.07 Å². The van der Waals surface area contributed by atoms with Crippen LogP contribution in [0, 0.1) is 0 Å². The molecule has 0 amide bonds. The summed E-state index contributed by atoms with van der Waals surface area (Å²) in [7, 11) is 1.69. The molecule has 0 fully saturated rings. The van der Waals surface area contributed by atoms with Gasteiger partial charge in [0.1, 0.15) is 5.75 Å². The van der Waals surface area contributed by atoms with Crippen molar-refractivity contribution in [2.24, 2.45) is 0 Å². The second kappa shape index (κ2) is 2.82. The highest BCUT2D eigenvalue weighted by molar-refractivity contribution is 7.10. The Bertz CT molecular complexity index is 490. The molecule has 0 radical (unpaired) electrons. The Morgan fingerprint density at radius 2 is 2.36 bits per heavy atom. The molecule has 0 unspecified atom stereocenters. The summed E-state index contributed by atoms with van der Waals surface area (Å²) in [6, 6.07) is 6.21. The van der Waals surface area contributed by atoms with Gasteiger partial charge >= 0.3 is 0 Å². The van der Waals surface area contributed by atoms with Crippen LogP contribution in [-0.2, 0) is 6.42 Å². The minimum absolute atomic E-state index is 0.907. The van der Waals surface area contributed by atoms with Crippen molar-refractivity contribution in [3.8, 4) is 17.0 Å². The lowest BCUT2D eigenvalue weighted by Crippen LogP contribution is -1.85. The van der Waals surface area contributed by atoms with E-state index >= 15 is 0 Å². The van der Waals surface area contributed by atoms with Crippen molar-refractivity contribution in [2.45, 2.75) is 6.42 Å². The molecule has 1 aliphatic carbocycles. The van der Waals surface area contributed by atoms with Crippen molar-refractivity contribution < 1.29 is 4.74 Å². The number of hydrogen-bond donors (Lipinski definition) is 0. The van der Waals surface area contributed by atoms with Gasteiger partial charge in [0.25, 0.3) is 0 Å². The molecule has 0 aliphatic heterocycles. The number of hydrogen-bond acceptors (Lipinski definition) is 3. The van der Waals surface area contributed by atoms with E-state index in [1.807, 2.05) is 11.6 Å². The molecular weight excluding hydrogens is 194 g/mol. The van der Waals surface area contributed by atoms with Gasteiger partial charge in [-0.25, -0.2) is 4.98 Å². The summed E-state index contributed by atoms with van der Waals surface area (Å²) in [5.41, 5.74) is 5.65. The second-order valence-corrected chi connectivity index (χ2v) is 4.26. The highest BCUT2D eigenvalue weighted by Crippen LogP contribution is 2.39. The fraction of sp³-hybridized carbons (Fsp3) is 0.182. The minimum Gasteiger partial charge on any atom is -0.497 e. The van der Waals surface area contributed by atoms with Gasteiger partial charge in [-0.2, -0.15) is 0 Å². The van der Waals surface area contributed by atoms with E-state index in [4.69, 9.17) is 4.74 Å². The van der Waals surface area contributed by atoms with E-state index in [1.54, 1.807) is 18.4 Å². The van der Waals surface area contributed by atoms with Crippen LogP contribution in [0.5, 0.6) is 5.75 Å². The van der Waals surface area contributed by atoms with E-state index in [1.165, 1.54) is 16.0 Å². The van der Waals surface area contributed by atoms with E-state index in [0.717, 1.165) is 17.9 Å². The summed E-state index contributed by atoms with van der Waals surface area (Å²) >= 11 is 1.73. The predicted molar refractivity (Wildman–Crippen MR) is 56.9 cm³/mol. The van der Waals surface area contributed by atoms with Crippen LogP contribution in [0.3, 0.4) is 0 Å². The molecule has 3 rings (SSSR count). The summed E-state index contributed by atoms with van der Waals surface area (Å²) in [5, 5.41) is 0. The minimum atomic E-state index is 0.907. The van der Waals surface area contributed by atoms with Gasteiger partial charge in [0, 0.05) is 16.9 Å². The first kappa shape index (κ1) is 8.00. The van der Waals surface area contributed by atoms with Crippen LogP contribution in [0.25, 0.3) is 11.3 Å². The maximum atomic E-state index is 5.21. The Morgan fingerprint density at radius 3 is 3.21 bits per heavy atom. The van der Waals surface area contributed by atoms with Gasteiger partial charge in [0.2, 0.25) is 0 Å². The first-order valence-corrected chi connectivity index (χ1v) is 5.36. The molecule has 3 heteroatoms. The molecule has 1 aliphatic rings. The zero-order valence-corrected chi connectivity index (χ0v) is 8.60. The van der Waals surface area contributed by atoms with Gasteiger partial charge in [0.15, 0.2) is 0 Å². The SMILES string of the molecule is COc1ccc2c(c1)-c1ncsc1C2. The van der Waals surface area contributed by atoms with E-state index < -0.39 is 0 Å². The molecule has 1 heterocycles. The highest BCUT2D eigenvalue weighted by Gasteiger charge is 2.21. The maximum Gasteiger partial charge on any atom is 0.119 e. The zero-order valence-electron chi connectivity index (χ0n) is 7.78. The lowest BCUT2D eigenvalue weighted by atomic mass is 10.1. The molecule has 0 saturated heterocycles. The fourth-order valence-electron chi connectivity index (χ4n) is 1.85. The maximum absolute atomic E-state index is 5.21. The molecule has 0 bridgehead atoms. The number of ether oxygens (including phenoxy) is 1. The zero-order chi connectivity index (χ0) is 9.54. The molecule has 0 atom stereocenters. The summed E-state index contributed by atoms with van der Waals surface area (Å²) < 4.78 is 5.21. The summed E-state index contributed by atoms with van der Waals surface area (Å²) in [4.78, 5) is 5.75. The quantitative estimate of drug-likeness (QED) is 0.606. The first-order valence-electron chi connectivity index (χ1n) is 4.48. The Hall–Kier alpha value is -1.35. The molecule has 14 heavy (non-hydrogen) atoms. The van der Waals surface area contributed by atoms with Crippen LogP contribution in [0.2, 0.25) is 0 Å². The average molecular weight is 203 g/mol. The van der Waals surface area contributed by atoms with Crippen molar-refractivity contribution in [1.82, 2.24) is 4.98 Å². The summed E-state index contributed by atoms with van der Waals surface area (Å²) in [6.07, 6.45) is 1.03. The van der Waals surface area contributed by atoms with E-state index in [0.29, 0.717) is 0 Å². The van der Waals surface area contributed by atoms with Gasteiger partial charge in [-0.3, -0.25) is 0 Å². The highest BCUT2D eigenvalue weighted by atomic mass is 32.1. The summed E-state index contributed by atoms with van der Waals surface area (Å²) in [6.45, 7) is 0. The summed E-state index contributed by atoms with van der Waals surface area (Å²) in [5.74, 6) is 0.907. The van der Waals surface area contributed by atoms with E-state index in [-0.39, 0.29) is 0 Å². The van der Waals surface area contributed by atoms with E-state index in [2.05, 4.69) is 17.1 Å². The standard InChI is InChI=1S/C11H9NOS/c1-13-8-3-2-7-4-10-11(9(7)5-8)12-6-14-10/h2-3,5-6H,4H2,1H3. The van der Waals surface area contributed by atoms with Crippen molar-refractivity contribution in [2.75, 3.05) is 7.11 Å². The molecule has 0 N–H and O–H groups in total. The number of fused-ring (bicyclic) bond motifs is 3. The normalized spacial score (nSPS) is 12.4. The third kappa shape index (κ3) is 0.990. The average Bonchev–Trinajstić information content (AvgIpc) is 2.76. The third-order valence-electron chi connectivity index (χ3n) is 2.56. The number of thiazole rings is 1. The monoisotopic (exact) mass is 203 g/mol. The topological polar surface area (TPSA) is 22.1 Å². The molecule has 70 valence electrons. The molecular formula is C11H9NOS. The smallest absolute Gasteiger partial charge is 0.119 e. The first-order chi connectivity index (χ1) is 6.88. The number of methoxy groups -OCH3 is 1. The predicted octanol–water partition coefficient (Wildman–Crippen LogP) is 2.72. The van der Waals surface area contributed by atoms with Crippen molar-refractivity contribution in [3.05, 3.63) is 34.2 Å². The third-order valence-corrected chi connectivity index (χ3v) is 3.40. The Morgan fingerprint density at radius 1 is 1.43 bits per heavy atom. The van der Waals surface area contributed by atoms with Crippen LogP contribution in [0.1, 0.15) is 10.4 Å². The number of rotatable bonds is 1. The molecule has 1 aromatic heterocycles. The molecule has 1 aromatic carbocycles. The van der Waals surface area contributed by atoms with Gasteiger partial charge in [-0.15, -0.1) is 11.3 Å². The number of aromatic nitrogens is 1. The molecule has 2 aromatic rings. The largest absolute Gasteiger partial charge is 0.497 e. The Labute approximate surface area is 86.2 Å². The van der Waals surface area contributed by atoms with Gasteiger partial charge in [-0.05, 0) is 17.7 Å². The van der Waals surface area contributed by atoms with Crippen molar-refractivity contribution in [3.63, 3.8) is 0 Å². The van der Waals surface area contributed by atoms with Crippen LogP contribution in [0.15, 0.2) is 23.7 Å². The Balaban J connectivity index is 2.22. The molecule has 0 saturated carbocycles. The second-order valence-electron chi connectivity index (χ2n) is 3.32. The molecule has 0 spiro atoms. The van der Waals surface area contributed by atoms with Gasteiger partial charge < -0.3 is 4.74 Å². The van der Waals surface area contributed by atoms with Crippen LogP contribution in [0.4, 0.5) is 0 Å². The lowest BCUT2D eigenvalue weighted by molar-refractivity contribution is 0.415. The van der Waals surface area contributed by atoms with Crippen molar-refractivity contribution >= 4 is 11.3 Å². The molecule has 2 nitrogen and oxygen atoms in total. The van der Waals surface area contributed by atoms with Gasteiger partial charge in [0.05, 0.1) is 18.3 Å². The fourth-order valence-corrected chi connectivity index (χ4v) is 2.64. The number of nitrogens with zero attached hydrogens (tertiary/aromatic N) is 1. The van der Waals surface area contributed by atoms with Crippen LogP contribution < -0.4 is 4.74 Å². The van der Waals surface area contributed by atoms with E-state index in [9.17, 15) is 0 Å². The Kier molecular flexibility index (Phi) is 1.61. The van der Waals surface area contributed by atoms with Crippen LogP contribution in [-0.4, -0.2) is 12.1 Å². The number of benzene rings is 1.